The fraction of sp³-hybridized carbons (Fsp3) is 0.455. The van der Waals surface area contributed by atoms with E-state index < -0.39 is 23.8 Å². The van der Waals surface area contributed by atoms with E-state index in [1.165, 1.54) is 0 Å². The van der Waals surface area contributed by atoms with Gasteiger partial charge in [0.2, 0.25) is 0 Å². The van der Waals surface area contributed by atoms with Crippen LogP contribution in [0.2, 0.25) is 0 Å². The predicted molar refractivity (Wildman–Crippen MR) is 108 cm³/mol. The highest BCUT2D eigenvalue weighted by atomic mass is 16.6. The van der Waals surface area contributed by atoms with Crippen LogP contribution in [-0.2, 0) is 14.3 Å². The maximum absolute atomic E-state index is 12.4. The number of fused-ring (bicyclic) bond motifs is 1. The molecule has 0 amide bonds. The van der Waals surface area contributed by atoms with Crippen LogP contribution in [0.4, 0.5) is 0 Å². The number of nitrogens with two attached hydrogens (primary N) is 1. The topological polar surface area (TPSA) is 92.9 Å². The lowest BCUT2D eigenvalue weighted by atomic mass is 9.91. The molecule has 2 aromatic carbocycles. The van der Waals surface area contributed by atoms with Crippen LogP contribution >= 0.6 is 0 Å². The highest BCUT2D eigenvalue weighted by Crippen LogP contribution is 2.32. The predicted octanol–water partition coefficient (Wildman–Crippen LogP) is 3.30. The molecule has 0 bridgehead atoms. The van der Waals surface area contributed by atoms with E-state index in [2.05, 4.69) is 0 Å². The van der Waals surface area contributed by atoms with E-state index >= 15 is 0 Å². The average Bonchev–Trinajstić information content (AvgIpc) is 2.61. The van der Waals surface area contributed by atoms with Gasteiger partial charge in [0, 0.05) is 6.54 Å². The molecule has 1 fully saturated rings. The molecule has 1 aliphatic rings. The van der Waals surface area contributed by atoms with Crippen molar-refractivity contribution in [1.29, 1.82) is 0 Å². The van der Waals surface area contributed by atoms with E-state index in [4.69, 9.17) is 10.5 Å². The Morgan fingerprint density at radius 2 is 1.86 bits per heavy atom. The van der Waals surface area contributed by atoms with Crippen molar-refractivity contribution in [1.82, 2.24) is 4.90 Å². The monoisotopic (exact) mass is 384 g/mol. The van der Waals surface area contributed by atoms with Crippen LogP contribution in [0.3, 0.4) is 0 Å². The largest absolute Gasteiger partial charge is 0.480 e. The van der Waals surface area contributed by atoms with Gasteiger partial charge in [0.05, 0.1) is 12.1 Å². The number of hydrogen-bond donors (Lipinski definition) is 2. The van der Waals surface area contributed by atoms with Gasteiger partial charge in [-0.2, -0.15) is 0 Å². The van der Waals surface area contributed by atoms with Gasteiger partial charge in [-0.05, 0) is 56.0 Å². The van der Waals surface area contributed by atoms with E-state index in [1.54, 1.807) is 4.90 Å². The molecule has 0 aliphatic carbocycles. The van der Waals surface area contributed by atoms with Crippen LogP contribution in [0.1, 0.15) is 45.2 Å². The van der Waals surface area contributed by atoms with Crippen molar-refractivity contribution in [2.45, 2.75) is 51.4 Å². The number of carboxylic acids is 1. The second-order valence-electron chi connectivity index (χ2n) is 8.41. The maximum atomic E-state index is 12.4. The summed E-state index contributed by atoms with van der Waals surface area (Å²) in [5.41, 5.74) is 6.46. The Morgan fingerprint density at radius 3 is 2.46 bits per heavy atom. The molecule has 0 unspecified atom stereocenters. The first-order valence-electron chi connectivity index (χ1n) is 9.61. The molecule has 1 heterocycles. The third kappa shape index (κ3) is 4.51. The molecule has 6 heteroatoms. The summed E-state index contributed by atoms with van der Waals surface area (Å²) in [6.45, 7) is 5.93. The Bertz CT molecular complexity index is 874. The molecule has 150 valence electrons. The van der Waals surface area contributed by atoms with Crippen molar-refractivity contribution in [3.63, 3.8) is 0 Å². The molecule has 0 aromatic heterocycles. The van der Waals surface area contributed by atoms with Crippen molar-refractivity contribution in [2.75, 3.05) is 6.54 Å². The first-order chi connectivity index (χ1) is 13.2. The van der Waals surface area contributed by atoms with Crippen LogP contribution in [0.5, 0.6) is 0 Å². The summed E-state index contributed by atoms with van der Waals surface area (Å²) in [6, 6.07) is 12.7. The molecular weight excluding hydrogens is 356 g/mol. The summed E-state index contributed by atoms with van der Waals surface area (Å²) in [4.78, 5) is 26.2. The lowest BCUT2D eigenvalue weighted by Crippen LogP contribution is -2.52. The Kier molecular flexibility index (Phi) is 5.72. The zero-order chi connectivity index (χ0) is 20.5. The molecule has 28 heavy (non-hydrogen) atoms. The van der Waals surface area contributed by atoms with Crippen molar-refractivity contribution in [3.05, 3.63) is 48.0 Å². The second-order valence-corrected chi connectivity index (χ2v) is 8.41. The minimum absolute atomic E-state index is 0.264. The summed E-state index contributed by atoms with van der Waals surface area (Å²) in [5.74, 6) is -1.52. The van der Waals surface area contributed by atoms with Gasteiger partial charge < -0.3 is 15.6 Å². The molecule has 0 saturated carbocycles. The first kappa shape index (κ1) is 20.3. The molecule has 1 saturated heterocycles. The maximum Gasteiger partial charge on any atom is 0.325 e. The van der Waals surface area contributed by atoms with E-state index in [-0.39, 0.29) is 11.9 Å². The van der Waals surface area contributed by atoms with Crippen molar-refractivity contribution in [2.24, 2.45) is 11.7 Å². The zero-order valence-electron chi connectivity index (χ0n) is 16.6. The molecule has 3 N–H and O–H groups in total. The SMILES string of the molecule is CC(C)(C)OC(=O)[C@@H]1CCN([C@@H](C(=O)O)c2ccc3ccccc3c2)[C@H](N)C1. The van der Waals surface area contributed by atoms with E-state index in [9.17, 15) is 14.7 Å². The van der Waals surface area contributed by atoms with Crippen LogP contribution in [0.25, 0.3) is 10.8 Å². The Balaban J connectivity index is 1.79. The second kappa shape index (κ2) is 7.89. The number of aliphatic carboxylic acids is 1. The number of likely N-dealkylation sites (tertiary alicyclic amines) is 1. The van der Waals surface area contributed by atoms with Gasteiger partial charge in [-0.1, -0.05) is 36.4 Å². The van der Waals surface area contributed by atoms with Crippen LogP contribution in [0.15, 0.2) is 42.5 Å². The van der Waals surface area contributed by atoms with Gasteiger partial charge in [0.15, 0.2) is 0 Å². The van der Waals surface area contributed by atoms with Gasteiger partial charge in [-0.3, -0.25) is 14.5 Å². The summed E-state index contributed by atoms with van der Waals surface area (Å²) in [6.07, 6.45) is 0.380. The Hall–Kier alpha value is -2.44. The molecule has 3 atom stereocenters. The van der Waals surface area contributed by atoms with Gasteiger partial charge in [-0.25, -0.2) is 0 Å². The molecule has 2 aromatic rings. The van der Waals surface area contributed by atoms with Crippen molar-refractivity contribution >= 4 is 22.7 Å². The standard InChI is InChI=1S/C22H28N2O4/c1-22(2,3)28-21(27)17-10-11-24(18(23)13-17)19(20(25)26)16-9-8-14-6-4-5-7-15(14)12-16/h4-9,12,17-19H,10-11,13,23H2,1-3H3,(H,25,26)/t17-,18+,19-/m1/s1. The summed E-state index contributed by atoms with van der Waals surface area (Å²) >= 11 is 0. The number of esters is 1. The average molecular weight is 384 g/mol. The first-order valence-corrected chi connectivity index (χ1v) is 9.61. The summed E-state index contributed by atoms with van der Waals surface area (Å²) in [5, 5.41) is 12.0. The number of carboxylic acid groups (broad SMARTS) is 1. The highest BCUT2D eigenvalue weighted by molar-refractivity contribution is 5.85. The molecule has 6 nitrogen and oxygen atoms in total. The molecular formula is C22H28N2O4. The number of nitrogens with zero attached hydrogens (tertiary/aromatic N) is 1. The minimum Gasteiger partial charge on any atom is -0.480 e. The fourth-order valence-electron chi connectivity index (χ4n) is 3.79. The lowest BCUT2D eigenvalue weighted by molar-refractivity contribution is -0.163. The highest BCUT2D eigenvalue weighted by Gasteiger charge is 2.38. The smallest absolute Gasteiger partial charge is 0.325 e. The quantitative estimate of drug-likeness (QED) is 0.786. The third-order valence-corrected chi connectivity index (χ3v) is 5.08. The van der Waals surface area contributed by atoms with E-state index in [0.717, 1.165) is 10.8 Å². The van der Waals surface area contributed by atoms with E-state index in [1.807, 2.05) is 63.2 Å². The lowest BCUT2D eigenvalue weighted by Gasteiger charge is -2.40. The number of benzene rings is 2. The fourth-order valence-corrected chi connectivity index (χ4v) is 3.79. The Morgan fingerprint density at radius 1 is 1.18 bits per heavy atom. The van der Waals surface area contributed by atoms with E-state index in [0.29, 0.717) is 24.9 Å². The van der Waals surface area contributed by atoms with Gasteiger partial charge in [0.25, 0.3) is 0 Å². The number of carbonyl (C=O) groups is 2. The number of piperidine rings is 1. The van der Waals surface area contributed by atoms with Crippen molar-refractivity contribution < 1.29 is 19.4 Å². The van der Waals surface area contributed by atoms with Gasteiger partial charge in [-0.15, -0.1) is 0 Å². The summed E-state index contributed by atoms with van der Waals surface area (Å²) in [7, 11) is 0. The zero-order valence-corrected chi connectivity index (χ0v) is 16.6. The number of ether oxygens (including phenoxy) is 1. The molecule has 0 radical (unpaired) electrons. The van der Waals surface area contributed by atoms with Crippen molar-refractivity contribution in [3.8, 4) is 0 Å². The van der Waals surface area contributed by atoms with Gasteiger partial charge >= 0.3 is 11.9 Å². The number of rotatable bonds is 4. The number of hydrogen-bond acceptors (Lipinski definition) is 5. The normalized spacial score (nSPS) is 22.0. The number of carbonyl (C=O) groups excluding carboxylic acids is 1. The molecule has 0 spiro atoms. The minimum atomic E-state index is -0.943. The molecule has 3 rings (SSSR count). The summed E-state index contributed by atoms with van der Waals surface area (Å²) < 4.78 is 5.47. The van der Waals surface area contributed by atoms with Crippen LogP contribution < -0.4 is 5.73 Å². The van der Waals surface area contributed by atoms with Gasteiger partial charge in [0.1, 0.15) is 11.6 Å². The molecule has 1 aliphatic heterocycles. The van der Waals surface area contributed by atoms with Crippen LogP contribution in [-0.4, -0.2) is 40.3 Å². The van der Waals surface area contributed by atoms with Crippen LogP contribution in [0, 0.1) is 5.92 Å². The third-order valence-electron chi connectivity index (χ3n) is 5.08. The Labute approximate surface area is 165 Å².